The van der Waals surface area contributed by atoms with Crippen LogP contribution in [0.5, 0.6) is 0 Å². The molecular weight excluding hydrogens is 506 g/mol. The summed E-state index contributed by atoms with van der Waals surface area (Å²) in [5.41, 5.74) is 2.66. The van der Waals surface area contributed by atoms with Gasteiger partial charge in [0.1, 0.15) is 6.54 Å². The second-order valence-electron chi connectivity index (χ2n) is 11.0. The molecule has 2 amide bonds. The molecule has 0 fully saturated rings. The molecule has 0 aliphatic heterocycles. The molecule has 39 heavy (non-hydrogen) atoms. The third-order valence-electron chi connectivity index (χ3n) is 6.71. The van der Waals surface area contributed by atoms with Crippen LogP contribution in [-0.4, -0.2) is 45.8 Å². The molecule has 0 atom stereocenters. The highest BCUT2D eigenvalue weighted by Gasteiger charge is 2.24. The zero-order valence-corrected chi connectivity index (χ0v) is 24.1. The molecule has 0 aliphatic carbocycles. The molecule has 0 bridgehead atoms. The maximum Gasteiger partial charge on any atom is 0.254 e. The van der Waals surface area contributed by atoms with Crippen molar-refractivity contribution < 1.29 is 9.59 Å². The van der Waals surface area contributed by atoms with Crippen molar-refractivity contribution in [2.45, 2.75) is 40.8 Å². The van der Waals surface area contributed by atoms with Gasteiger partial charge in [-0.15, -0.1) is 0 Å². The Morgan fingerprint density at radius 3 is 2.18 bits per heavy atom. The van der Waals surface area contributed by atoms with Crippen LogP contribution in [0.4, 0.5) is 0 Å². The van der Waals surface area contributed by atoms with Crippen LogP contribution in [0, 0.1) is 11.8 Å². The first-order valence-electron chi connectivity index (χ1n) is 13.6. The molecule has 4 aromatic rings. The number of halogens is 1. The first-order chi connectivity index (χ1) is 18.7. The molecule has 5 nitrogen and oxygen atoms in total. The summed E-state index contributed by atoms with van der Waals surface area (Å²) in [4.78, 5) is 31.0. The van der Waals surface area contributed by atoms with Crippen LogP contribution in [-0.2, 0) is 17.9 Å². The van der Waals surface area contributed by atoms with E-state index in [2.05, 4.69) is 32.3 Å². The number of carbonyl (C=O) groups excluding carboxylic acids is 2. The monoisotopic (exact) mass is 543 g/mol. The van der Waals surface area contributed by atoms with Gasteiger partial charge in [-0.3, -0.25) is 9.59 Å². The maximum atomic E-state index is 13.8. The summed E-state index contributed by atoms with van der Waals surface area (Å²) in [5, 5.41) is 2.83. The Hall–Kier alpha value is -3.57. The Bertz CT molecular complexity index is 1430. The largest absolute Gasteiger partial charge is 0.345 e. The van der Waals surface area contributed by atoms with E-state index in [1.165, 1.54) is 0 Å². The second kappa shape index (κ2) is 13.0. The number of hydrogen-bond donors (Lipinski definition) is 0. The van der Waals surface area contributed by atoms with Crippen molar-refractivity contribution in [2.75, 3.05) is 19.6 Å². The van der Waals surface area contributed by atoms with Crippen molar-refractivity contribution in [3.8, 4) is 0 Å². The van der Waals surface area contributed by atoms with Crippen molar-refractivity contribution in [3.63, 3.8) is 0 Å². The summed E-state index contributed by atoms with van der Waals surface area (Å²) in [6.07, 6.45) is 2.02. The van der Waals surface area contributed by atoms with Crippen molar-refractivity contribution in [3.05, 3.63) is 107 Å². The Morgan fingerprint density at radius 2 is 1.46 bits per heavy atom. The van der Waals surface area contributed by atoms with Crippen LogP contribution >= 0.6 is 11.6 Å². The van der Waals surface area contributed by atoms with E-state index in [0.717, 1.165) is 27.1 Å². The quantitative estimate of drug-likeness (QED) is 0.202. The van der Waals surface area contributed by atoms with E-state index in [9.17, 15) is 9.59 Å². The number of benzene rings is 3. The first-order valence-corrected chi connectivity index (χ1v) is 14.0. The number of carbonyl (C=O) groups is 2. The topological polar surface area (TPSA) is 45.6 Å². The van der Waals surface area contributed by atoms with Gasteiger partial charge in [-0.25, -0.2) is 0 Å². The predicted molar refractivity (Wildman–Crippen MR) is 160 cm³/mol. The van der Waals surface area contributed by atoms with E-state index in [-0.39, 0.29) is 30.2 Å². The molecule has 1 heterocycles. The van der Waals surface area contributed by atoms with E-state index in [1.54, 1.807) is 4.90 Å². The Morgan fingerprint density at radius 1 is 0.795 bits per heavy atom. The van der Waals surface area contributed by atoms with E-state index in [1.807, 2.05) is 90.0 Å². The molecule has 0 spiro atoms. The molecule has 0 saturated carbocycles. The summed E-state index contributed by atoms with van der Waals surface area (Å²) >= 11 is 6.41. The van der Waals surface area contributed by atoms with Gasteiger partial charge in [0.15, 0.2) is 0 Å². The summed E-state index contributed by atoms with van der Waals surface area (Å²) < 4.78 is 2.13. The molecule has 4 rings (SSSR count). The molecule has 0 saturated heterocycles. The third kappa shape index (κ3) is 7.51. The number of rotatable bonds is 11. The van der Waals surface area contributed by atoms with Gasteiger partial charge in [0, 0.05) is 42.1 Å². The van der Waals surface area contributed by atoms with Crippen LogP contribution in [0.3, 0.4) is 0 Å². The fraction of sp³-hybridized carbons (Fsp3) is 0.333. The van der Waals surface area contributed by atoms with Crippen molar-refractivity contribution in [2.24, 2.45) is 11.8 Å². The van der Waals surface area contributed by atoms with Crippen molar-refractivity contribution in [1.82, 2.24) is 14.4 Å². The number of fused-ring (bicyclic) bond motifs is 1. The maximum absolute atomic E-state index is 13.8. The lowest BCUT2D eigenvalue weighted by Gasteiger charge is -2.30. The molecular formula is C33H38ClN3O2. The highest BCUT2D eigenvalue weighted by Crippen LogP contribution is 2.20. The van der Waals surface area contributed by atoms with Gasteiger partial charge in [0.25, 0.3) is 5.91 Å². The minimum Gasteiger partial charge on any atom is -0.345 e. The first kappa shape index (κ1) is 28.4. The lowest BCUT2D eigenvalue weighted by atomic mass is 10.1. The van der Waals surface area contributed by atoms with Gasteiger partial charge < -0.3 is 14.4 Å². The smallest absolute Gasteiger partial charge is 0.254 e. The van der Waals surface area contributed by atoms with Gasteiger partial charge in [0.2, 0.25) is 5.91 Å². The van der Waals surface area contributed by atoms with Crippen LogP contribution in [0.25, 0.3) is 10.8 Å². The fourth-order valence-corrected chi connectivity index (χ4v) is 5.07. The highest BCUT2D eigenvalue weighted by atomic mass is 35.5. The number of hydrogen-bond acceptors (Lipinski definition) is 2. The van der Waals surface area contributed by atoms with Gasteiger partial charge in [-0.05, 0) is 58.5 Å². The van der Waals surface area contributed by atoms with Crippen LogP contribution in [0.15, 0.2) is 85.1 Å². The standard InChI is InChI=1S/C33H38ClN3O2/c1-24(2)19-36(22-30-13-9-17-35(30)21-29-12-7-8-14-31(29)34)32(38)23-37(20-25(3)4)33(39)28-16-15-26-10-5-6-11-27(26)18-28/h5-18,24-25H,19-23H2,1-4H3. The van der Waals surface area contributed by atoms with Crippen LogP contribution in [0.2, 0.25) is 5.02 Å². The zero-order valence-electron chi connectivity index (χ0n) is 23.3. The van der Waals surface area contributed by atoms with Crippen molar-refractivity contribution in [1.29, 1.82) is 0 Å². The van der Waals surface area contributed by atoms with Crippen LogP contribution < -0.4 is 0 Å². The highest BCUT2D eigenvalue weighted by molar-refractivity contribution is 6.31. The lowest BCUT2D eigenvalue weighted by Crippen LogP contribution is -2.45. The summed E-state index contributed by atoms with van der Waals surface area (Å²) in [6.45, 7) is 10.6. The zero-order chi connectivity index (χ0) is 27.9. The van der Waals surface area contributed by atoms with Gasteiger partial charge in [-0.1, -0.05) is 87.8 Å². The Labute approximate surface area is 237 Å². The molecule has 1 aromatic heterocycles. The molecule has 0 radical (unpaired) electrons. The van der Waals surface area contributed by atoms with Crippen LogP contribution in [0.1, 0.15) is 49.3 Å². The molecule has 0 unspecified atom stereocenters. The van der Waals surface area contributed by atoms with E-state index >= 15 is 0 Å². The lowest BCUT2D eigenvalue weighted by molar-refractivity contribution is -0.133. The second-order valence-corrected chi connectivity index (χ2v) is 11.4. The Kier molecular flexibility index (Phi) is 9.47. The molecule has 0 N–H and O–H groups in total. The molecule has 6 heteroatoms. The molecule has 0 aliphatic rings. The summed E-state index contributed by atoms with van der Waals surface area (Å²) in [6, 6.07) is 25.6. The fourth-order valence-electron chi connectivity index (χ4n) is 4.88. The predicted octanol–water partition coefficient (Wildman–Crippen LogP) is 7.13. The third-order valence-corrected chi connectivity index (χ3v) is 7.08. The van der Waals surface area contributed by atoms with Gasteiger partial charge in [0.05, 0.1) is 6.54 Å². The van der Waals surface area contributed by atoms with Gasteiger partial charge >= 0.3 is 0 Å². The Balaban J connectivity index is 1.54. The normalized spacial score (nSPS) is 11.4. The van der Waals surface area contributed by atoms with Crippen molar-refractivity contribution >= 4 is 34.2 Å². The molecule has 3 aromatic carbocycles. The molecule has 204 valence electrons. The minimum absolute atomic E-state index is 0.0434. The minimum atomic E-state index is -0.116. The van der Waals surface area contributed by atoms with Gasteiger partial charge in [-0.2, -0.15) is 0 Å². The number of nitrogens with zero attached hydrogens (tertiary/aromatic N) is 3. The number of amides is 2. The SMILES string of the molecule is CC(C)CN(Cc1cccn1Cc1ccccc1Cl)C(=O)CN(CC(C)C)C(=O)c1ccc2ccccc2c1. The number of aromatic nitrogens is 1. The summed E-state index contributed by atoms with van der Waals surface area (Å²) in [5.74, 6) is 0.350. The van der Waals surface area contributed by atoms with E-state index in [4.69, 9.17) is 11.6 Å². The summed E-state index contributed by atoms with van der Waals surface area (Å²) in [7, 11) is 0. The average Bonchev–Trinajstić information content (AvgIpc) is 3.34. The van der Waals surface area contributed by atoms with E-state index < -0.39 is 0 Å². The van der Waals surface area contributed by atoms with E-state index in [0.29, 0.717) is 31.7 Å². The average molecular weight is 544 g/mol.